The van der Waals surface area contributed by atoms with Crippen LogP contribution in [0, 0.1) is 12.7 Å². The van der Waals surface area contributed by atoms with Crippen molar-refractivity contribution in [1.82, 2.24) is 0 Å². The number of fused-ring (bicyclic) bond motifs is 1. The summed E-state index contributed by atoms with van der Waals surface area (Å²) in [5.74, 6) is -1.13. The van der Waals surface area contributed by atoms with Crippen LogP contribution in [0.5, 0.6) is 0 Å². The summed E-state index contributed by atoms with van der Waals surface area (Å²) in [6.45, 7) is 3.44. The molecule has 4 heteroatoms. The highest BCUT2D eigenvalue weighted by molar-refractivity contribution is 5.88. The van der Waals surface area contributed by atoms with Crippen molar-refractivity contribution < 1.29 is 14.3 Å². The zero-order valence-electron chi connectivity index (χ0n) is 11.8. The number of nitrogens with zero attached hydrogens (tertiary/aromatic N) is 1. The number of carboxylic acids is 1. The first kappa shape index (κ1) is 13.6. The van der Waals surface area contributed by atoms with Gasteiger partial charge in [-0.25, -0.2) is 9.18 Å². The second-order valence-corrected chi connectivity index (χ2v) is 5.39. The standard InChI is InChI=1S/C17H16FNO2/c1-11-2-4-15(18)9-14(11)10-19-7-6-12-8-13(17(20)21)3-5-16(12)19/h2-5,8-9H,6-7,10H2,1H3,(H,20,21). The molecule has 3 nitrogen and oxygen atoms in total. The lowest BCUT2D eigenvalue weighted by Gasteiger charge is -2.20. The van der Waals surface area contributed by atoms with Gasteiger partial charge in [-0.2, -0.15) is 0 Å². The molecule has 108 valence electrons. The SMILES string of the molecule is Cc1ccc(F)cc1CN1CCc2cc(C(=O)O)ccc21. The number of aryl methyl sites for hydroxylation is 1. The summed E-state index contributed by atoms with van der Waals surface area (Å²) in [6.07, 6.45) is 0.824. The maximum Gasteiger partial charge on any atom is 0.335 e. The number of hydrogen-bond donors (Lipinski definition) is 1. The van der Waals surface area contributed by atoms with Crippen molar-refractivity contribution in [2.24, 2.45) is 0 Å². The zero-order chi connectivity index (χ0) is 15.0. The highest BCUT2D eigenvalue weighted by Gasteiger charge is 2.21. The van der Waals surface area contributed by atoms with Gasteiger partial charge in [-0.3, -0.25) is 0 Å². The van der Waals surface area contributed by atoms with Crippen molar-refractivity contribution in [3.8, 4) is 0 Å². The van der Waals surface area contributed by atoms with Crippen molar-refractivity contribution in [2.45, 2.75) is 19.9 Å². The normalized spacial score (nSPS) is 13.3. The molecular formula is C17H16FNO2. The number of rotatable bonds is 3. The maximum atomic E-state index is 13.4. The number of halogens is 1. The lowest BCUT2D eigenvalue weighted by Crippen LogP contribution is -2.20. The van der Waals surface area contributed by atoms with Crippen LogP contribution in [0.1, 0.15) is 27.0 Å². The predicted molar refractivity (Wildman–Crippen MR) is 79.3 cm³/mol. The van der Waals surface area contributed by atoms with Gasteiger partial charge < -0.3 is 10.0 Å². The molecule has 0 bridgehead atoms. The van der Waals surface area contributed by atoms with Crippen LogP contribution < -0.4 is 4.90 Å². The third kappa shape index (κ3) is 2.61. The summed E-state index contributed by atoms with van der Waals surface area (Å²) < 4.78 is 13.4. The summed E-state index contributed by atoms with van der Waals surface area (Å²) >= 11 is 0. The van der Waals surface area contributed by atoms with Crippen molar-refractivity contribution in [3.63, 3.8) is 0 Å². The Bertz CT molecular complexity index is 712. The molecule has 1 heterocycles. The number of carboxylic acid groups (broad SMARTS) is 1. The van der Waals surface area contributed by atoms with Gasteiger partial charge in [0.25, 0.3) is 0 Å². The van der Waals surface area contributed by atoms with E-state index < -0.39 is 5.97 Å². The smallest absolute Gasteiger partial charge is 0.335 e. The van der Waals surface area contributed by atoms with Gasteiger partial charge in [0.2, 0.25) is 0 Å². The van der Waals surface area contributed by atoms with E-state index in [1.165, 1.54) is 6.07 Å². The van der Waals surface area contributed by atoms with E-state index in [2.05, 4.69) is 4.90 Å². The van der Waals surface area contributed by atoms with Crippen LogP contribution in [0.3, 0.4) is 0 Å². The Hall–Kier alpha value is -2.36. The van der Waals surface area contributed by atoms with Gasteiger partial charge in [0.15, 0.2) is 0 Å². The minimum atomic E-state index is -0.905. The maximum absolute atomic E-state index is 13.4. The fourth-order valence-corrected chi connectivity index (χ4v) is 2.78. The predicted octanol–water partition coefficient (Wildman–Crippen LogP) is 3.40. The summed E-state index contributed by atoms with van der Waals surface area (Å²) in [5, 5.41) is 9.03. The number of aromatic carboxylic acids is 1. The van der Waals surface area contributed by atoms with Gasteiger partial charge >= 0.3 is 5.97 Å². The summed E-state index contributed by atoms with van der Waals surface area (Å²) in [5.41, 5.74) is 4.43. The highest BCUT2D eigenvalue weighted by atomic mass is 19.1. The molecule has 2 aromatic carbocycles. The Kier molecular flexibility index (Phi) is 3.37. The van der Waals surface area contributed by atoms with Gasteiger partial charge in [0.1, 0.15) is 5.82 Å². The van der Waals surface area contributed by atoms with Crippen molar-refractivity contribution in [2.75, 3.05) is 11.4 Å². The number of carbonyl (C=O) groups is 1. The molecule has 0 spiro atoms. The van der Waals surface area contributed by atoms with E-state index in [0.717, 1.165) is 35.3 Å². The molecule has 0 saturated heterocycles. The Balaban J connectivity index is 1.88. The minimum Gasteiger partial charge on any atom is -0.478 e. The van der Waals surface area contributed by atoms with Crippen LogP contribution in [-0.2, 0) is 13.0 Å². The Labute approximate surface area is 122 Å². The summed E-state index contributed by atoms with van der Waals surface area (Å²) in [6, 6.07) is 10.0. The quantitative estimate of drug-likeness (QED) is 0.939. The van der Waals surface area contributed by atoms with E-state index >= 15 is 0 Å². The molecule has 1 aliphatic rings. The van der Waals surface area contributed by atoms with E-state index in [-0.39, 0.29) is 5.82 Å². The van der Waals surface area contributed by atoms with Crippen LogP contribution in [0.15, 0.2) is 36.4 Å². The fourth-order valence-electron chi connectivity index (χ4n) is 2.78. The molecule has 0 saturated carbocycles. The highest BCUT2D eigenvalue weighted by Crippen LogP contribution is 2.30. The van der Waals surface area contributed by atoms with Crippen LogP contribution >= 0.6 is 0 Å². The molecule has 21 heavy (non-hydrogen) atoms. The second-order valence-electron chi connectivity index (χ2n) is 5.39. The van der Waals surface area contributed by atoms with E-state index in [0.29, 0.717) is 12.1 Å². The van der Waals surface area contributed by atoms with Gasteiger partial charge in [0, 0.05) is 18.8 Å². The van der Waals surface area contributed by atoms with Crippen LogP contribution in [0.25, 0.3) is 0 Å². The molecule has 3 rings (SSSR count). The molecule has 2 aromatic rings. The second kappa shape index (κ2) is 5.20. The van der Waals surface area contributed by atoms with Crippen molar-refractivity contribution >= 4 is 11.7 Å². The first-order chi connectivity index (χ1) is 10.0. The van der Waals surface area contributed by atoms with E-state index in [9.17, 15) is 9.18 Å². The molecule has 0 unspecified atom stereocenters. The third-order valence-corrected chi connectivity index (χ3v) is 3.99. The van der Waals surface area contributed by atoms with Crippen molar-refractivity contribution in [1.29, 1.82) is 0 Å². The zero-order valence-corrected chi connectivity index (χ0v) is 11.8. The van der Waals surface area contributed by atoms with Crippen LogP contribution in [0.2, 0.25) is 0 Å². The largest absolute Gasteiger partial charge is 0.478 e. The Morgan fingerprint density at radius 2 is 2.10 bits per heavy atom. The topological polar surface area (TPSA) is 40.5 Å². The molecular weight excluding hydrogens is 269 g/mol. The molecule has 0 fully saturated rings. The molecule has 1 aliphatic heterocycles. The number of hydrogen-bond acceptors (Lipinski definition) is 2. The molecule has 0 aliphatic carbocycles. The molecule has 0 radical (unpaired) electrons. The Morgan fingerprint density at radius 1 is 1.29 bits per heavy atom. The minimum absolute atomic E-state index is 0.226. The average Bonchev–Trinajstić information content (AvgIpc) is 2.85. The van der Waals surface area contributed by atoms with Crippen LogP contribution in [-0.4, -0.2) is 17.6 Å². The number of benzene rings is 2. The Morgan fingerprint density at radius 3 is 2.86 bits per heavy atom. The van der Waals surface area contributed by atoms with Gasteiger partial charge in [-0.05, 0) is 60.4 Å². The van der Waals surface area contributed by atoms with E-state index in [1.54, 1.807) is 24.3 Å². The van der Waals surface area contributed by atoms with Crippen molar-refractivity contribution in [3.05, 3.63) is 64.5 Å². The first-order valence-electron chi connectivity index (χ1n) is 6.91. The summed E-state index contributed by atoms with van der Waals surface area (Å²) in [7, 11) is 0. The third-order valence-electron chi connectivity index (χ3n) is 3.99. The van der Waals surface area contributed by atoms with Gasteiger partial charge in [-0.15, -0.1) is 0 Å². The molecule has 0 atom stereocenters. The van der Waals surface area contributed by atoms with E-state index in [1.807, 2.05) is 13.0 Å². The van der Waals surface area contributed by atoms with Crippen LogP contribution in [0.4, 0.5) is 10.1 Å². The molecule has 0 amide bonds. The molecule has 1 N–H and O–H groups in total. The van der Waals surface area contributed by atoms with Gasteiger partial charge in [0.05, 0.1) is 5.56 Å². The summed E-state index contributed by atoms with van der Waals surface area (Å²) in [4.78, 5) is 13.2. The van der Waals surface area contributed by atoms with Gasteiger partial charge in [-0.1, -0.05) is 6.07 Å². The first-order valence-corrected chi connectivity index (χ1v) is 6.91. The number of anilines is 1. The monoisotopic (exact) mass is 285 g/mol. The lowest BCUT2D eigenvalue weighted by atomic mass is 10.1. The average molecular weight is 285 g/mol. The van der Waals surface area contributed by atoms with E-state index in [4.69, 9.17) is 5.11 Å². The fraction of sp³-hybridized carbons (Fsp3) is 0.235. The lowest BCUT2D eigenvalue weighted by molar-refractivity contribution is 0.0697. The molecule has 0 aromatic heterocycles.